The lowest BCUT2D eigenvalue weighted by Crippen LogP contribution is -2.25. The highest BCUT2D eigenvalue weighted by Gasteiger charge is 1.95. The van der Waals surface area contributed by atoms with Crippen molar-refractivity contribution in [2.24, 2.45) is 5.92 Å². The van der Waals surface area contributed by atoms with Gasteiger partial charge in [0.2, 0.25) is 0 Å². The second-order valence-corrected chi connectivity index (χ2v) is 2.85. The van der Waals surface area contributed by atoms with Gasteiger partial charge in [0.05, 0.1) is 6.61 Å². The molecule has 2 heteroatoms. The summed E-state index contributed by atoms with van der Waals surface area (Å²) in [5, 5.41) is 0. The van der Waals surface area contributed by atoms with Gasteiger partial charge < -0.3 is 4.84 Å². The molecule has 1 unspecified atom stereocenters. The molecule has 1 atom stereocenters. The van der Waals surface area contributed by atoms with Crippen LogP contribution in [0.3, 0.4) is 0 Å². The van der Waals surface area contributed by atoms with E-state index in [1.165, 1.54) is 0 Å². The molecule has 1 N–H and O–H groups in total. The van der Waals surface area contributed by atoms with Gasteiger partial charge >= 0.3 is 0 Å². The van der Waals surface area contributed by atoms with E-state index in [9.17, 15) is 0 Å². The maximum absolute atomic E-state index is 5.13. The smallest absolute Gasteiger partial charge is 0.0705 e. The van der Waals surface area contributed by atoms with E-state index < -0.39 is 0 Å². The van der Waals surface area contributed by atoms with E-state index in [0.717, 1.165) is 6.61 Å². The number of nitrogens with one attached hydrogen (secondary N) is 1. The Bertz CT molecular complexity index is 91.3. The zero-order chi connectivity index (χ0) is 7.98. The summed E-state index contributed by atoms with van der Waals surface area (Å²) >= 11 is 0. The Morgan fingerprint density at radius 1 is 1.50 bits per heavy atom. The van der Waals surface area contributed by atoms with Crippen molar-refractivity contribution in [1.82, 2.24) is 5.48 Å². The Labute approximate surface area is 63.2 Å². The molecule has 0 bridgehead atoms. The van der Waals surface area contributed by atoms with E-state index >= 15 is 0 Å². The van der Waals surface area contributed by atoms with Crippen molar-refractivity contribution in [1.29, 1.82) is 0 Å². The zero-order valence-corrected chi connectivity index (χ0v) is 7.05. The summed E-state index contributed by atoms with van der Waals surface area (Å²) in [6.07, 6.45) is 1.81. The molecule has 0 aliphatic rings. The Morgan fingerprint density at radius 3 is 2.50 bits per heavy atom. The summed E-state index contributed by atoms with van der Waals surface area (Å²) in [6.45, 7) is 10.6. The van der Waals surface area contributed by atoms with Crippen LogP contribution in [0.5, 0.6) is 0 Å². The highest BCUT2D eigenvalue weighted by Crippen LogP contribution is 1.90. The zero-order valence-electron chi connectivity index (χ0n) is 7.05. The minimum absolute atomic E-state index is 0.235. The molecule has 0 aromatic rings. The van der Waals surface area contributed by atoms with Crippen LogP contribution in [-0.4, -0.2) is 12.6 Å². The highest BCUT2D eigenvalue weighted by molar-refractivity contribution is 4.78. The van der Waals surface area contributed by atoms with E-state index in [0.29, 0.717) is 5.92 Å². The quantitative estimate of drug-likeness (QED) is 0.467. The van der Waals surface area contributed by atoms with Crippen molar-refractivity contribution in [2.75, 3.05) is 6.61 Å². The molecule has 0 aliphatic heterocycles. The average Bonchev–Trinajstić information content (AvgIpc) is 1.87. The summed E-state index contributed by atoms with van der Waals surface area (Å²) in [7, 11) is 0. The van der Waals surface area contributed by atoms with Gasteiger partial charge in [-0.3, -0.25) is 0 Å². The Hall–Kier alpha value is -0.340. The predicted octanol–water partition coefficient (Wildman–Crippen LogP) is 1.74. The van der Waals surface area contributed by atoms with Gasteiger partial charge in [-0.25, -0.2) is 0 Å². The number of hydroxylamine groups is 1. The third-order valence-electron chi connectivity index (χ3n) is 1.04. The van der Waals surface area contributed by atoms with Crippen molar-refractivity contribution in [3.05, 3.63) is 12.7 Å². The average molecular weight is 143 g/mol. The molecule has 0 rings (SSSR count). The fourth-order valence-corrected chi connectivity index (χ4v) is 0.394. The van der Waals surface area contributed by atoms with Crippen molar-refractivity contribution >= 4 is 0 Å². The first-order valence-electron chi connectivity index (χ1n) is 3.66. The molecule has 0 saturated heterocycles. The Balaban J connectivity index is 3.11. The molecule has 0 spiro atoms. The summed E-state index contributed by atoms with van der Waals surface area (Å²) < 4.78 is 0. The molecule has 0 fully saturated rings. The molecular weight excluding hydrogens is 126 g/mol. The third kappa shape index (κ3) is 5.79. The van der Waals surface area contributed by atoms with Gasteiger partial charge in [-0.05, 0) is 12.8 Å². The van der Waals surface area contributed by atoms with Gasteiger partial charge in [-0.15, -0.1) is 6.58 Å². The van der Waals surface area contributed by atoms with E-state index in [1.807, 2.05) is 6.92 Å². The Kier molecular flexibility index (Phi) is 5.26. The molecule has 0 saturated carbocycles. The molecule has 0 radical (unpaired) electrons. The molecule has 0 heterocycles. The maximum atomic E-state index is 5.13. The van der Waals surface area contributed by atoms with Crippen molar-refractivity contribution in [3.8, 4) is 0 Å². The first kappa shape index (κ1) is 9.66. The van der Waals surface area contributed by atoms with Gasteiger partial charge in [0.1, 0.15) is 0 Å². The lowest BCUT2D eigenvalue weighted by Gasteiger charge is -2.10. The van der Waals surface area contributed by atoms with Gasteiger partial charge in [0.25, 0.3) is 0 Å². The predicted molar refractivity (Wildman–Crippen MR) is 43.6 cm³/mol. The maximum Gasteiger partial charge on any atom is 0.0705 e. The largest absolute Gasteiger partial charge is 0.301 e. The van der Waals surface area contributed by atoms with Crippen LogP contribution >= 0.6 is 0 Å². The number of hydrogen-bond acceptors (Lipinski definition) is 2. The molecular formula is C8H17NO. The van der Waals surface area contributed by atoms with Crippen LogP contribution in [0.15, 0.2) is 12.7 Å². The Morgan fingerprint density at radius 2 is 2.10 bits per heavy atom. The van der Waals surface area contributed by atoms with Crippen LogP contribution in [0, 0.1) is 5.92 Å². The van der Waals surface area contributed by atoms with Crippen LogP contribution in [0.25, 0.3) is 0 Å². The van der Waals surface area contributed by atoms with Gasteiger partial charge in [0, 0.05) is 6.04 Å². The molecule has 10 heavy (non-hydrogen) atoms. The molecule has 0 aromatic heterocycles. The topological polar surface area (TPSA) is 21.3 Å². The summed E-state index contributed by atoms with van der Waals surface area (Å²) in [5.74, 6) is 0.574. The van der Waals surface area contributed by atoms with E-state index in [-0.39, 0.29) is 6.04 Å². The van der Waals surface area contributed by atoms with Crippen LogP contribution in [0.2, 0.25) is 0 Å². The monoisotopic (exact) mass is 143 g/mol. The number of hydrogen-bond donors (Lipinski definition) is 1. The fraction of sp³-hybridized carbons (Fsp3) is 0.750. The minimum Gasteiger partial charge on any atom is -0.301 e. The van der Waals surface area contributed by atoms with Crippen LogP contribution in [0.1, 0.15) is 20.8 Å². The van der Waals surface area contributed by atoms with Crippen LogP contribution < -0.4 is 5.48 Å². The lowest BCUT2D eigenvalue weighted by molar-refractivity contribution is 0.0136. The van der Waals surface area contributed by atoms with Gasteiger partial charge in [-0.1, -0.05) is 19.9 Å². The van der Waals surface area contributed by atoms with Gasteiger partial charge in [0.15, 0.2) is 0 Å². The minimum atomic E-state index is 0.235. The fourth-order valence-electron chi connectivity index (χ4n) is 0.394. The summed E-state index contributed by atoms with van der Waals surface area (Å²) in [4.78, 5) is 5.13. The third-order valence-corrected chi connectivity index (χ3v) is 1.04. The summed E-state index contributed by atoms with van der Waals surface area (Å²) in [5.41, 5.74) is 2.85. The first-order valence-corrected chi connectivity index (χ1v) is 3.66. The molecule has 0 amide bonds. The van der Waals surface area contributed by atoms with E-state index in [2.05, 4.69) is 25.9 Å². The van der Waals surface area contributed by atoms with Crippen molar-refractivity contribution in [3.63, 3.8) is 0 Å². The van der Waals surface area contributed by atoms with Crippen LogP contribution in [0.4, 0.5) is 0 Å². The molecule has 0 aromatic carbocycles. The second-order valence-electron chi connectivity index (χ2n) is 2.85. The van der Waals surface area contributed by atoms with Crippen molar-refractivity contribution < 1.29 is 4.84 Å². The first-order chi connectivity index (χ1) is 4.66. The molecule has 0 aliphatic carbocycles. The summed E-state index contributed by atoms with van der Waals surface area (Å²) in [6, 6.07) is 0.235. The van der Waals surface area contributed by atoms with E-state index in [4.69, 9.17) is 4.84 Å². The van der Waals surface area contributed by atoms with Crippen LogP contribution in [-0.2, 0) is 4.84 Å². The second kappa shape index (κ2) is 5.45. The lowest BCUT2D eigenvalue weighted by atomic mass is 10.2. The molecule has 60 valence electrons. The van der Waals surface area contributed by atoms with Gasteiger partial charge in [-0.2, -0.15) is 5.48 Å². The standard InChI is InChI=1S/C8H17NO/c1-5-8(4)9-10-6-7(2)3/h5,7-9H,1,6H2,2-4H3. The SMILES string of the molecule is C=CC(C)NOCC(C)C. The van der Waals surface area contributed by atoms with Crippen molar-refractivity contribution in [2.45, 2.75) is 26.8 Å². The highest BCUT2D eigenvalue weighted by atomic mass is 16.6. The molecule has 2 nitrogen and oxygen atoms in total. The normalized spacial score (nSPS) is 13.6. The number of rotatable bonds is 5. The van der Waals surface area contributed by atoms with E-state index in [1.54, 1.807) is 6.08 Å².